The maximum absolute atomic E-state index is 12.5. The largest absolute Gasteiger partial charge is 0.497 e. The highest BCUT2D eigenvalue weighted by Gasteiger charge is 2.10. The topological polar surface area (TPSA) is 57.4 Å². The molecule has 0 unspecified atom stereocenters. The van der Waals surface area contributed by atoms with Crippen molar-refractivity contribution in [3.63, 3.8) is 0 Å². The summed E-state index contributed by atoms with van der Waals surface area (Å²) in [7, 11) is 1.63. The molecular formula is C22H27N3O2. The second-order valence-electron chi connectivity index (χ2n) is 6.60. The van der Waals surface area contributed by atoms with Crippen LogP contribution < -0.4 is 10.1 Å². The van der Waals surface area contributed by atoms with Gasteiger partial charge in [0.2, 0.25) is 0 Å². The van der Waals surface area contributed by atoms with Crippen LogP contribution in [0.5, 0.6) is 5.75 Å². The van der Waals surface area contributed by atoms with Gasteiger partial charge in [0.1, 0.15) is 11.4 Å². The summed E-state index contributed by atoms with van der Waals surface area (Å²) in [4.78, 5) is 18.0. The first-order valence-corrected chi connectivity index (χ1v) is 9.38. The minimum Gasteiger partial charge on any atom is -0.497 e. The van der Waals surface area contributed by atoms with Gasteiger partial charge in [0, 0.05) is 30.1 Å². The van der Waals surface area contributed by atoms with E-state index >= 15 is 0 Å². The van der Waals surface area contributed by atoms with Gasteiger partial charge in [-0.15, -0.1) is 0 Å². The van der Waals surface area contributed by atoms with Gasteiger partial charge in [0.25, 0.3) is 5.91 Å². The quantitative estimate of drug-likeness (QED) is 0.635. The number of hydrogen-bond donors (Lipinski definition) is 2. The Kier molecular flexibility index (Phi) is 6.14. The fraction of sp³-hybridized carbons (Fsp3) is 0.318. The number of amides is 1. The average molecular weight is 365 g/mol. The van der Waals surface area contributed by atoms with E-state index in [4.69, 9.17) is 4.74 Å². The molecule has 0 aliphatic rings. The van der Waals surface area contributed by atoms with Crippen LogP contribution in [0.4, 0.5) is 0 Å². The molecular weight excluding hydrogens is 338 g/mol. The zero-order valence-corrected chi connectivity index (χ0v) is 16.2. The number of benzene rings is 2. The number of aromatic amines is 1. The zero-order valence-electron chi connectivity index (χ0n) is 16.2. The molecule has 1 amide bonds. The molecule has 0 aliphatic heterocycles. The predicted octanol–water partition coefficient (Wildman–Crippen LogP) is 3.95. The van der Waals surface area contributed by atoms with Gasteiger partial charge < -0.3 is 15.0 Å². The molecule has 0 atom stereocenters. The second-order valence-corrected chi connectivity index (χ2v) is 6.60. The van der Waals surface area contributed by atoms with Crippen LogP contribution in [0.2, 0.25) is 0 Å². The third-order valence-corrected chi connectivity index (χ3v) is 4.85. The Labute approximate surface area is 160 Å². The van der Waals surface area contributed by atoms with Gasteiger partial charge in [-0.3, -0.25) is 9.69 Å². The first-order valence-electron chi connectivity index (χ1n) is 9.38. The van der Waals surface area contributed by atoms with E-state index in [0.717, 1.165) is 41.9 Å². The zero-order chi connectivity index (χ0) is 19.2. The molecule has 0 spiro atoms. The molecule has 0 saturated carbocycles. The van der Waals surface area contributed by atoms with Gasteiger partial charge in [-0.25, -0.2) is 0 Å². The molecule has 1 heterocycles. The monoisotopic (exact) mass is 365 g/mol. The third kappa shape index (κ3) is 4.68. The second kappa shape index (κ2) is 8.73. The van der Waals surface area contributed by atoms with Crippen molar-refractivity contribution in [1.82, 2.24) is 15.2 Å². The van der Waals surface area contributed by atoms with Crippen molar-refractivity contribution in [2.24, 2.45) is 0 Å². The summed E-state index contributed by atoms with van der Waals surface area (Å²) in [5.74, 6) is 0.651. The maximum Gasteiger partial charge on any atom is 0.267 e. The number of H-pyrrole nitrogens is 1. The molecule has 0 fully saturated rings. The Morgan fingerprint density at radius 3 is 2.41 bits per heavy atom. The third-order valence-electron chi connectivity index (χ3n) is 4.85. The lowest BCUT2D eigenvalue weighted by molar-refractivity contribution is 0.0946. The summed E-state index contributed by atoms with van der Waals surface area (Å²) < 4.78 is 5.22. The molecule has 3 rings (SSSR count). The van der Waals surface area contributed by atoms with E-state index < -0.39 is 0 Å². The highest BCUT2D eigenvalue weighted by atomic mass is 16.5. The van der Waals surface area contributed by atoms with Gasteiger partial charge in [-0.2, -0.15) is 0 Å². The number of methoxy groups -OCH3 is 1. The van der Waals surface area contributed by atoms with Crippen LogP contribution in [0.3, 0.4) is 0 Å². The Bertz CT molecular complexity index is 896. The normalized spacial score (nSPS) is 11.1. The first kappa shape index (κ1) is 19.0. The van der Waals surface area contributed by atoms with Gasteiger partial charge in [-0.1, -0.05) is 38.1 Å². The highest BCUT2D eigenvalue weighted by molar-refractivity contribution is 5.98. The van der Waals surface area contributed by atoms with Crippen molar-refractivity contribution in [2.75, 3.05) is 20.2 Å². The Hall–Kier alpha value is -2.79. The number of nitrogens with one attached hydrogen (secondary N) is 2. The molecule has 3 aromatic rings. The number of aromatic nitrogens is 1. The summed E-state index contributed by atoms with van der Waals surface area (Å²) in [6.07, 6.45) is 0. The molecule has 2 N–H and O–H groups in total. The maximum atomic E-state index is 12.5. The molecule has 5 nitrogen and oxygen atoms in total. The number of rotatable bonds is 8. The number of hydrogen-bond acceptors (Lipinski definition) is 3. The smallest absolute Gasteiger partial charge is 0.267 e. The fourth-order valence-corrected chi connectivity index (χ4v) is 3.10. The lowest BCUT2D eigenvalue weighted by atomic mass is 10.1. The predicted molar refractivity (Wildman–Crippen MR) is 109 cm³/mol. The van der Waals surface area contributed by atoms with Gasteiger partial charge in [0.05, 0.1) is 7.11 Å². The molecule has 0 aliphatic carbocycles. The van der Waals surface area contributed by atoms with Crippen LogP contribution in [0.25, 0.3) is 10.9 Å². The van der Waals surface area contributed by atoms with Crippen molar-refractivity contribution < 1.29 is 9.53 Å². The van der Waals surface area contributed by atoms with Crippen molar-refractivity contribution in [2.45, 2.75) is 26.9 Å². The molecule has 1 aromatic heterocycles. The first-order chi connectivity index (χ1) is 13.1. The van der Waals surface area contributed by atoms with Crippen LogP contribution in [-0.4, -0.2) is 36.0 Å². The van der Waals surface area contributed by atoms with E-state index in [1.165, 1.54) is 5.56 Å². The number of ether oxygens (including phenoxy) is 1. The Morgan fingerprint density at radius 2 is 1.74 bits per heavy atom. The summed E-state index contributed by atoms with van der Waals surface area (Å²) >= 11 is 0. The van der Waals surface area contributed by atoms with Gasteiger partial charge in [0.15, 0.2) is 0 Å². The number of fused-ring (bicyclic) bond motifs is 1. The fourth-order valence-electron chi connectivity index (χ4n) is 3.10. The summed E-state index contributed by atoms with van der Waals surface area (Å²) in [6.45, 7) is 7.90. The van der Waals surface area contributed by atoms with Crippen LogP contribution >= 0.6 is 0 Å². The van der Waals surface area contributed by atoms with Crippen LogP contribution in [0, 0.1) is 0 Å². The molecule has 0 saturated heterocycles. The van der Waals surface area contributed by atoms with Crippen molar-refractivity contribution in [1.29, 1.82) is 0 Å². The lowest BCUT2D eigenvalue weighted by Gasteiger charge is -2.18. The van der Waals surface area contributed by atoms with Gasteiger partial charge in [-0.05, 0) is 42.4 Å². The van der Waals surface area contributed by atoms with Crippen LogP contribution in [0.15, 0.2) is 48.5 Å². The highest BCUT2D eigenvalue weighted by Crippen LogP contribution is 2.21. The van der Waals surface area contributed by atoms with E-state index in [-0.39, 0.29) is 5.91 Å². The standard InChI is InChI=1S/C22H27N3O2/c1-4-25(5-2)15-17-8-6-16(7-9-17)14-23-22(26)21-12-18-10-11-19(27-3)13-20(18)24-21/h6-13,24H,4-5,14-15H2,1-3H3,(H,23,26). The SMILES string of the molecule is CCN(CC)Cc1ccc(CNC(=O)c2cc3ccc(OC)cc3[nH]2)cc1. The van der Waals surface area contributed by atoms with Crippen molar-refractivity contribution in [3.8, 4) is 5.75 Å². The summed E-state index contributed by atoms with van der Waals surface area (Å²) in [5, 5.41) is 3.96. The van der Waals surface area contributed by atoms with Crippen LogP contribution in [0.1, 0.15) is 35.5 Å². The van der Waals surface area contributed by atoms with Crippen molar-refractivity contribution in [3.05, 3.63) is 65.4 Å². The van der Waals surface area contributed by atoms with E-state index in [0.29, 0.717) is 12.2 Å². The molecule has 27 heavy (non-hydrogen) atoms. The van der Waals surface area contributed by atoms with Gasteiger partial charge >= 0.3 is 0 Å². The minimum atomic E-state index is -0.114. The molecule has 2 aromatic carbocycles. The molecule has 0 bridgehead atoms. The molecule has 0 radical (unpaired) electrons. The van der Waals surface area contributed by atoms with E-state index in [9.17, 15) is 4.79 Å². The summed E-state index contributed by atoms with van der Waals surface area (Å²) in [6, 6.07) is 16.0. The Morgan fingerprint density at radius 1 is 1.04 bits per heavy atom. The van der Waals surface area contributed by atoms with E-state index in [1.54, 1.807) is 7.11 Å². The molecule has 5 heteroatoms. The minimum absolute atomic E-state index is 0.114. The summed E-state index contributed by atoms with van der Waals surface area (Å²) in [5.41, 5.74) is 3.82. The lowest BCUT2D eigenvalue weighted by Crippen LogP contribution is -2.23. The van der Waals surface area contributed by atoms with E-state index in [1.807, 2.05) is 24.3 Å². The van der Waals surface area contributed by atoms with Crippen LogP contribution in [-0.2, 0) is 13.1 Å². The Balaban J connectivity index is 1.60. The number of nitrogens with zero attached hydrogens (tertiary/aromatic N) is 1. The van der Waals surface area contributed by atoms with E-state index in [2.05, 4.69) is 53.3 Å². The average Bonchev–Trinajstić information content (AvgIpc) is 3.14. The molecule has 142 valence electrons. The number of carbonyl (C=O) groups is 1. The number of carbonyl (C=O) groups excluding carboxylic acids is 1. The van der Waals surface area contributed by atoms with Crippen molar-refractivity contribution >= 4 is 16.8 Å².